The Kier molecular flexibility index (Phi) is 6.30. The third kappa shape index (κ3) is 4.73. The number of hydrogen-bond donors (Lipinski definition) is 0. The van der Waals surface area contributed by atoms with E-state index in [1.807, 2.05) is 6.92 Å². The first-order valence-corrected chi connectivity index (χ1v) is 9.06. The van der Waals surface area contributed by atoms with Gasteiger partial charge in [0.1, 0.15) is 13.2 Å². The van der Waals surface area contributed by atoms with Gasteiger partial charge in [-0.2, -0.15) is 9.29 Å². The summed E-state index contributed by atoms with van der Waals surface area (Å²) in [4.78, 5) is 4.12. The Hall–Kier alpha value is -1.03. The number of ether oxygens (including phenoxy) is 2. The van der Waals surface area contributed by atoms with Gasteiger partial charge in [-0.1, -0.05) is 12.1 Å². The van der Waals surface area contributed by atoms with Gasteiger partial charge in [-0.25, -0.2) is 8.42 Å². The summed E-state index contributed by atoms with van der Waals surface area (Å²) >= 11 is 0. The van der Waals surface area contributed by atoms with Crippen LogP contribution in [0.3, 0.4) is 0 Å². The molecule has 1 saturated heterocycles. The molecule has 1 atom stereocenters. The minimum atomic E-state index is -3.17. The van der Waals surface area contributed by atoms with Crippen LogP contribution in [0.1, 0.15) is 37.9 Å². The maximum atomic E-state index is 12.1. The van der Waals surface area contributed by atoms with E-state index in [9.17, 15) is 8.42 Å². The Labute approximate surface area is 130 Å². The molecule has 0 saturated carbocycles. The lowest BCUT2D eigenvalue weighted by Gasteiger charge is -2.31. The second kappa shape index (κ2) is 8.00. The van der Waals surface area contributed by atoms with Crippen molar-refractivity contribution < 1.29 is 22.4 Å². The van der Waals surface area contributed by atoms with E-state index in [0.29, 0.717) is 31.2 Å². The zero-order valence-corrected chi connectivity index (χ0v) is 13.8. The average molecular weight is 333 g/mol. The van der Waals surface area contributed by atoms with Crippen LogP contribution in [0.2, 0.25) is 0 Å². The molecule has 1 fully saturated rings. The van der Waals surface area contributed by atoms with Crippen LogP contribution < -0.4 is 0 Å². The molecule has 9 heteroatoms. The fourth-order valence-corrected chi connectivity index (χ4v) is 3.98. The molecule has 1 aromatic rings. The summed E-state index contributed by atoms with van der Waals surface area (Å²) in [5, 5.41) is 3.79. The van der Waals surface area contributed by atoms with Crippen molar-refractivity contribution in [1.29, 1.82) is 0 Å². The predicted molar refractivity (Wildman–Crippen MR) is 78.5 cm³/mol. The van der Waals surface area contributed by atoms with Gasteiger partial charge in [-0.15, -0.1) is 0 Å². The standard InChI is InChI=1S/C13H23N3O5S/c1-3-7-22(17,18)16-6-4-5-11(8-16)20-9-12-14-13(10-19-2)21-15-12/h11H,3-10H2,1-2H3. The minimum Gasteiger partial charge on any atom is -0.375 e. The molecule has 0 N–H and O–H groups in total. The fourth-order valence-electron chi connectivity index (χ4n) is 2.40. The Morgan fingerprint density at radius 3 is 2.95 bits per heavy atom. The lowest BCUT2D eigenvalue weighted by Crippen LogP contribution is -2.44. The second-order valence-corrected chi connectivity index (χ2v) is 7.38. The fraction of sp³-hybridized carbons (Fsp3) is 0.846. The first-order valence-electron chi connectivity index (χ1n) is 7.45. The summed E-state index contributed by atoms with van der Waals surface area (Å²) in [6.07, 6.45) is 2.12. The van der Waals surface area contributed by atoms with Crippen molar-refractivity contribution in [2.24, 2.45) is 0 Å². The van der Waals surface area contributed by atoms with Crippen LogP contribution in [0, 0.1) is 0 Å². The zero-order chi connectivity index (χ0) is 16.0. The predicted octanol–water partition coefficient (Wildman–Crippen LogP) is 0.937. The molecule has 2 rings (SSSR count). The topological polar surface area (TPSA) is 94.8 Å². The smallest absolute Gasteiger partial charge is 0.252 e. The van der Waals surface area contributed by atoms with Gasteiger partial charge >= 0.3 is 0 Å². The quantitative estimate of drug-likeness (QED) is 0.698. The summed E-state index contributed by atoms with van der Waals surface area (Å²) in [5.41, 5.74) is 0. The van der Waals surface area contributed by atoms with E-state index >= 15 is 0 Å². The highest BCUT2D eigenvalue weighted by molar-refractivity contribution is 7.89. The average Bonchev–Trinajstić information content (AvgIpc) is 2.94. The van der Waals surface area contributed by atoms with Crippen LogP contribution in [-0.4, -0.2) is 54.9 Å². The van der Waals surface area contributed by atoms with E-state index in [2.05, 4.69) is 10.1 Å². The summed E-state index contributed by atoms with van der Waals surface area (Å²) in [7, 11) is -1.62. The molecule has 2 heterocycles. The van der Waals surface area contributed by atoms with Crippen molar-refractivity contribution in [2.45, 2.75) is 45.5 Å². The van der Waals surface area contributed by atoms with E-state index < -0.39 is 10.0 Å². The molecule has 0 bridgehead atoms. The largest absolute Gasteiger partial charge is 0.375 e. The number of rotatable bonds is 8. The highest BCUT2D eigenvalue weighted by atomic mass is 32.2. The number of aromatic nitrogens is 2. The van der Waals surface area contributed by atoms with Crippen molar-refractivity contribution >= 4 is 10.0 Å². The van der Waals surface area contributed by atoms with Gasteiger partial charge in [-0.05, 0) is 19.3 Å². The molecule has 8 nitrogen and oxygen atoms in total. The lowest BCUT2D eigenvalue weighted by molar-refractivity contribution is 0.00439. The maximum Gasteiger partial charge on any atom is 0.252 e. The third-order valence-electron chi connectivity index (χ3n) is 3.42. The highest BCUT2D eigenvalue weighted by Crippen LogP contribution is 2.18. The third-order valence-corrected chi connectivity index (χ3v) is 5.47. The number of piperidine rings is 1. The van der Waals surface area contributed by atoms with Gasteiger partial charge < -0.3 is 14.0 Å². The van der Waals surface area contributed by atoms with E-state index in [1.165, 1.54) is 4.31 Å². The van der Waals surface area contributed by atoms with Gasteiger partial charge in [0.15, 0.2) is 5.82 Å². The summed E-state index contributed by atoms with van der Waals surface area (Å²) in [5.74, 6) is 1.03. The Bertz CT molecular complexity index is 560. The lowest BCUT2D eigenvalue weighted by atomic mass is 10.1. The highest BCUT2D eigenvalue weighted by Gasteiger charge is 2.28. The molecule has 0 aromatic carbocycles. The van der Waals surface area contributed by atoms with E-state index in [0.717, 1.165) is 12.8 Å². The molecule has 126 valence electrons. The SMILES string of the molecule is CCCS(=O)(=O)N1CCCC(OCc2noc(COC)n2)C1. The van der Waals surface area contributed by atoms with E-state index in [-0.39, 0.29) is 25.1 Å². The van der Waals surface area contributed by atoms with Crippen LogP contribution in [0.5, 0.6) is 0 Å². The van der Waals surface area contributed by atoms with Gasteiger partial charge in [0.25, 0.3) is 5.89 Å². The van der Waals surface area contributed by atoms with Crippen LogP contribution >= 0.6 is 0 Å². The van der Waals surface area contributed by atoms with Gasteiger partial charge in [0, 0.05) is 20.2 Å². The molecular weight excluding hydrogens is 310 g/mol. The van der Waals surface area contributed by atoms with Gasteiger partial charge in [-0.3, -0.25) is 0 Å². The van der Waals surface area contributed by atoms with Crippen LogP contribution in [0.4, 0.5) is 0 Å². The molecule has 0 radical (unpaired) electrons. The first-order chi connectivity index (χ1) is 10.5. The first kappa shape index (κ1) is 17.3. The number of hydrogen-bond acceptors (Lipinski definition) is 7. The normalized spacial score (nSPS) is 20.4. The molecule has 0 aliphatic carbocycles. The molecule has 1 aliphatic heterocycles. The number of sulfonamides is 1. The Balaban J connectivity index is 1.85. The van der Waals surface area contributed by atoms with Crippen LogP contribution in [-0.2, 0) is 32.7 Å². The van der Waals surface area contributed by atoms with Crippen molar-refractivity contribution in [2.75, 3.05) is 26.0 Å². The molecule has 0 spiro atoms. The zero-order valence-electron chi connectivity index (χ0n) is 13.0. The Morgan fingerprint density at radius 1 is 1.41 bits per heavy atom. The minimum absolute atomic E-state index is 0.134. The molecule has 22 heavy (non-hydrogen) atoms. The second-order valence-electron chi connectivity index (χ2n) is 5.29. The van der Waals surface area contributed by atoms with E-state index in [1.54, 1.807) is 7.11 Å². The van der Waals surface area contributed by atoms with Gasteiger partial charge in [0.05, 0.1) is 11.9 Å². The molecule has 0 amide bonds. The number of methoxy groups -OCH3 is 1. The van der Waals surface area contributed by atoms with Crippen molar-refractivity contribution in [3.8, 4) is 0 Å². The van der Waals surface area contributed by atoms with E-state index in [4.69, 9.17) is 14.0 Å². The van der Waals surface area contributed by atoms with Crippen molar-refractivity contribution in [3.63, 3.8) is 0 Å². The van der Waals surface area contributed by atoms with Crippen molar-refractivity contribution in [1.82, 2.24) is 14.4 Å². The summed E-state index contributed by atoms with van der Waals surface area (Å²) in [6.45, 7) is 3.30. The summed E-state index contributed by atoms with van der Waals surface area (Å²) < 4.78 is 41.3. The summed E-state index contributed by atoms with van der Waals surface area (Å²) in [6, 6.07) is 0. The molecule has 1 unspecified atom stereocenters. The Morgan fingerprint density at radius 2 is 2.23 bits per heavy atom. The van der Waals surface area contributed by atoms with Crippen LogP contribution in [0.15, 0.2) is 4.52 Å². The molecular formula is C13H23N3O5S. The molecule has 1 aliphatic rings. The number of nitrogens with zero attached hydrogens (tertiary/aromatic N) is 3. The van der Waals surface area contributed by atoms with Crippen LogP contribution in [0.25, 0.3) is 0 Å². The monoisotopic (exact) mass is 333 g/mol. The molecule has 1 aromatic heterocycles. The van der Waals surface area contributed by atoms with Gasteiger partial charge in [0.2, 0.25) is 10.0 Å². The van der Waals surface area contributed by atoms with Crippen molar-refractivity contribution in [3.05, 3.63) is 11.7 Å². The maximum absolute atomic E-state index is 12.1.